The normalized spacial score (nSPS) is 15.6. The van der Waals surface area contributed by atoms with E-state index in [-0.39, 0.29) is 87.3 Å². The maximum atomic E-state index is 13.7. The Labute approximate surface area is 918 Å². The summed E-state index contributed by atoms with van der Waals surface area (Å²) in [6, 6.07) is 0. The van der Waals surface area contributed by atoms with Crippen molar-refractivity contribution in [1.82, 2.24) is 0 Å². The van der Waals surface area contributed by atoms with Gasteiger partial charge in [-0.3, -0.25) is 0 Å². The lowest BCUT2D eigenvalue weighted by molar-refractivity contribution is -0.157. The van der Waals surface area contributed by atoms with Crippen molar-refractivity contribution < 1.29 is 75.0 Å². The number of halogens is 16. The van der Waals surface area contributed by atoms with Crippen molar-refractivity contribution in [3.63, 3.8) is 0 Å². The van der Waals surface area contributed by atoms with E-state index in [1.807, 2.05) is 104 Å². The largest absolute Gasteiger partial charge is 0.389 e. The van der Waals surface area contributed by atoms with E-state index in [0.29, 0.717) is 84.9 Å². The minimum Gasteiger partial charge on any atom is -0.380 e. The molecule has 1 nitrogen and oxygen atoms in total. The van der Waals surface area contributed by atoms with Gasteiger partial charge in [-0.05, 0) is 199 Å². The lowest BCUT2D eigenvalue weighted by Gasteiger charge is -2.44. The highest BCUT2D eigenvalue weighted by atomic mass is 19.4. The van der Waals surface area contributed by atoms with Gasteiger partial charge in [0.2, 0.25) is 17.8 Å². The molecule has 0 aromatic carbocycles. The fourth-order valence-corrected chi connectivity index (χ4v) is 18.6. The first-order chi connectivity index (χ1) is 66.7. The van der Waals surface area contributed by atoms with Crippen LogP contribution in [0.15, 0.2) is 0 Å². The summed E-state index contributed by atoms with van der Waals surface area (Å²) >= 11 is 0. The third kappa shape index (κ3) is 88.7. The monoisotopic (exact) mass is 2160 g/mol. The summed E-state index contributed by atoms with van der Waals surface area (Å²) in [4.78, 5) is 0. The third-order valence-electron chi connectivity index (χ3n) is 37.5. The summed E-state index contributed by atoms with van der Waals surface area (Å²) in [5.41, 5.74) is -1.07. The van der Waals surface area contributed by atoms with Gasteiger partial charge in [0.1, 0.15) is 41.7 Å². The average Bonchev–Trinajstić information content (AvgIpc) is 1.68. The summed E-state index contributed by atoms with van der Waals surface area (Å²) in [6.07, 6.45) is 31.6. The molecule has 1 aliphatic heterocycles. The van der Waals surface area contributed by atoms with Crippen LogP contribution in [0.3, 0.4) is 0 Å². The maximum absolute atomic E-state index is 13.7. The molecule has 2 aliphatic rings. The van der Waals surface area contributed by atoms with Gasteiger partial charge in [0.05, 0.1) is 13.2 Å². The first kappa shape index (κ1) is 169. The van der Waals surface area contributed by atoms with E-state index in [0.717, 1.165) is 160 Å². The Morgan fingerprint density at radius 1 is 0.236 bits per heavy atom. The molecule has 148 heavy (non-hydrogen) atoms. The van der Waals surface area contributed by atoms with E-state index in [2.05, 4.69) is 208 Å². The Balaban J connectivity index is -0.000000153. The molecule has 2 rings (SSSR count). The van der Waals surface area contributed by atoms with Crippen LogP contribution in [0.2, 0.25) is 0 Å². The first-order valence-electron chi connectivity index (χ1n) is 61.1. The number of hydrogen-bond donors (Lipinski definition) is 0. The molecular formula is C131H268F16O. The van der Waals surface area contributed by atoms with Crippen LogP contribution in [0.4, 0.5) is 70.2 Å². The van der Waals surface area contributed by atoms with Gasteiger partial charge in [-0.25, -0.2) is 57.1 Å². The molecule has 0 radical (unpaired) electrons. The Hall–Kier alpha value is -1.16. The van der Waals surface area contributed by atoms with Crippen molar-refractivity contribution in [1.29, 1.82) is 0 Å². The van der Waals surface area contributed by atoms with Crippen LogP contribution in [0.5, 0.6) is 0 Å². The number of hydrogen-bond acceptors (Lipinski definition) is 1. The van der Waals surface area contributed by atoms with Crippen molar-refractivity contribution in [2.24, 2.45) is 87.1 Å². The smallest absolute Gasteiger partial charge is 0.380 e. The van der Waals surface area contributed by atoms with E-state index in [9.17, 15) is 70.2 Å². The van der Waals surface area contributed by atoms with Crippen molar-refractivity contribution in [2.45, 2.75) is 742 Å². The van der Waals surface area contributed by atoms with Crippen LogP contribution in [-0.2, 0) is 4.74 Å². The minimum atomic E-state index is -4.01. The fourth-order valence-electron chi connectivity index (χ4n) is 18.6. The van der Waals surface area contributed by atoms with Crippen LogP contribution in [-0.4, -0.2) is 78.9 Å². The van der Waals surface area contributed by atoms with Gasteiger partial charge in [-0.1, -0.05) is 520 Å². The van der Waals surface area contributed by atoms with Gasteiger partial charge >= 0.3 is 6.18 Å². The molecule has 0 spiro atoms. The number of rotatable bonds is 57. The molecular weight excluding hydrogens is 1890 g/mol. The predicted octanol–water partition coefficient (Wildman–Crippen LogP) is 51.7. The highest BCUT2D eigenvalue weighted by Gasteiger charge is 2.48. The second-order valence-electron chi connectivity index (χ2n) is 54.3. The zero-order valence-electron chi connectivity index (χ0n) is 110. The Kier molecular flexibility index (Phi) is 90.3. The molecule has 1 saturated carbocycles. The molecule has 17 heteroatoms. The summed E-state index contributed by atoms with van der Waals surface area (Å²) < 4.78 is 211. The minimum absolute atomic E-state index is 0.00843. The highest BCUT2D eigenvalue weighted by Crippen LogP contribution is 2.52. The van der Waals surface area contributed by atoms with Gasteiger partial charge in [-0.2, -0.15) is 13.2 Å². The molecule has 910 valence electrons. The van der Waals surface area contributed by atoms with Gasteiger partial charge < -0.3 is 4.74 Å². The summed E-state index contributed by atoms with van der Waals surface area (Å²) in [5.74, 6) is -6.56. The van der Waals surface area contributed by atoms with E-state index < -0.39 is 77.5 Å². The molecule has 1 saturated heterocycles. The van der Waals surface area contributed by atoms with Crippen LogP contribution in [0.1, 0.15) is 683 Å². The van der Waals surface area contributed by atoms with E-state index in [1.165, 1.54) is 57.8 Å². The second kappa shape index (κ2) is 79.0. The fraction of sp³-hybridized carbons (Fsp3) is 1.00. The second-order valence-corrected chi connectivity index (χ2v) is 54.3. The lowest BCUT2D eigenvalue weighted by Crippen LogP contribution is -2.43. The number of ether oxygens (including phenoxy) is 1. The van der Waals surface area contributed by atoms with E-state index in [1.54, 1.807) is 69.2 Å². The molecule has 0 N–H and O–H groups in total. The summed E-state index contributed by atoms with van der Waals surface area (Å²) in [6.45, 7) is 115. The zero-order chi connectivity index (χ0) is 120. The Morgan fingerprint density at radius 2 is 0.439 bits per heavy atom. The average molecular weight is 2160 g/mol. The van der Waals surface area contributed by atoms with Gasteiger partial charge in [0.25, 0.3) is 0 Å². The molecule has 1 heterocycles. The molecule has 0 amide bonds. The predicted molar refractivity (Wildman–Crippen MR) is 632 cm³/mol. The quantitative estimate of drug-likeness (QED) is 0.0552. The molecule has 4 atom stereocenters. The van der Waals surface area contributed by atoms with Gasteiger partial charge in [0, 0.05) is 50.4 Å². The maximum Gasteiger partial charge on any atom is 0.389 e. The molecule has 4 unspecified atom stereocenters. The van der Waals surface area contributed by atoms with Crippen LogP contribution in [0, 0.1) is 87.1 Å². The van der Waals surface area contributed by atoms with Crippen molar-refractivity contribution in [3.8, 4) is 0 Å². The van der Waals surface area contributed by atoms with E-state index in [4.69, 9.17) is 4.74 Å². The van der Waals surface area contributed by atoms with E-state index >= 15 is 0 Å². The van der Waals surface area contributed by atoms with Crippen LogP contribution < -0.4 is 0 Å². The van der Waals surface area contributed by atoms with Crippen molar-refractivity contribution >= 4 is 0 Å². The van der Waals surface area contributed by atoms with Crippen LogP contribution in [0.25, 0.3) is 0 Å². The summed E-state index contributed by atoms with van der Waals surface area (Å²) in [5, 5.41) is 0. The molecule has 0 aromatic heterocycles. The molecule has 0 aromatic rings. The topological polar surface area (TPSA) is 9.23 Å². The van der Waals surface area contributed by atoms with Crippen LogP contribution >= 0.6 is 0 Å². The summed E-state index contributed by atoms with van der Waals surface area (Å²) in [7, 11) is 0. The highest BCUT2D eigenvalue weighted by molar-refractivity contribution is 4.99. The van der Waals surface area contributed by atoms with Gasteiger partial charge in [0.15, 0.2) is 0 Å². The third-order valence-corrected chi connectivity index (χ3v) is 37.5. The number of alkyl halides is 16. The van der Waals surface area contributed by atoms with Crippen molar-refractivity contribution in [3.05, 3.63) is 0 Å². The Morgan fingerprint density at radius 3 is 0.581 bits per heavy atom. The molecule has 2 fully saturated rings. The SMILES string of the molecule is CCC(C)(CC)CC(C)(C)C.CCC(C)(CC)CC(C)(C)F.CCC(C)(CC)CC(C)C.CCC(C)(CC)CC(F)(F)F.CCC(C)(CC)CC(F)CF.CCC(C)(CC)CC1(C)COC1.CCC(C)(CC)CC1(F)CC1.CCC(C)(F)CC(C)(CC)CC.CCC(C)(F)CC(C)(CC)CC.CCC(F)(F)CC(C)(CC)CC.CCC(F)(F)CC(C)(CC)CC.CCC(F)(F)CC(C)(CC)CC.CCC(F)CC(C)(CC)CC. The van der Waals surface area contributed by atoms with Crippen molar-refractivity contribution in [2.75, 3.05) is 19.9 Å². The Bertz CT molecular complexity index is 2590. The molecule has 0 bridgehead atoms. The lowest BCUT2D eigenvalue weighted by atomic mass is 9.69. The standard InChI is InChI=1S/2C11H23F.C11H22O.C11H24.3C10H20F2.C10H19F.2C10H21F.C10H22.C9H18F2.C8H15F3/c2*1-6-10(4,7-2)9-11(5,12)8-3;1-5-10(3,6-2)7-11(4)8-12-9-11;1-7-11(6,8-2)9-10(3,4)5;3*1-5-9(4,6-2)8-10(11,12)7-3;1-4-9(3,5-2)8-10(11)6-7-10;1-6-10(5,7-2)8-9(3,4)11;1-5-9(11)8-10(4,6-2)7-3;1-6-10(5,7-2)8-9(3)4;1-4-9(3,5-2)6-8(11)7-10;1-4-7(3,5-2)6-8(9,10)11/h2*6-9H2,1-5H3;5-9H2,1-4H3;7-9H2,1-6H3;3*5-8H2,1-4H3;4-8H2,1-3H3;6-8H2,1-5H3;9H,5-8H2,1-4H3;9H,6-8H2,1-5H3;8H,4-7H2,1-3H3;4-6H2,1-3H3. The molecule has 1 aliphatic carbocycles. The zero-order valence-corrected chi connectivity index (χ0v) is 110. The first-order valence-corrected chi connectivity index (χ1v) is 61.1. The van der Waals surface area contributed by atoms with Gasteiger partial charge in [-0.15, -0.1) is 0 Å².